The molecule has 1 aromatic rings. The van der Waals surface area contributed by atoms with Crippen LogP contribution in [0.15, 0.2) is 30.3 Å². The first-order chi connectivity index (χ1) is 5.33. The van der Waals surface area contributed by atoms with Gasteiger partial charge in [-0.3, -0.25) is 0 Å². The molecule has 68 valence electrons. The van der Waals surface area contributed by atoms with Gasteiger partial charge in [-0.25, -0.2) is 0 Å². The van der Waals surface area contributed by atoms with Crippen molar-refractivity contribution in [2.24, 2.45) is 0 Å². The van der Waals surface area contributed by atoms with Crippen molar-refractivity contribution in [2.75, 3.05) is 7.05 Å². The van der Waals surface area contributed by atoms with E-state index < -0.39 is 0 Å². The van der Waals surface area contributed by atoms with Gasteiger partial charge in [0.05, 0.1) is 0 Å². The summed E-state index contributed by atoms with van der Waals surface area (Å²) >= 11 is 0. The molecule has 12 heavy (non-hydrogen) atoms. The summed E-state index contributed by atoms with van der Waals surface area (Å²) in [5.74, 6) is 0. The highest BCUT2D eigenvalue weighted by atomic mass is 79.9. The summed E-state index contributed by atoms with van der Waals surface area (Å²) in [6.45, 7) is 2.19. The van der Waals surface area contributed by atoms with Gasteiger partial charge in [-0.05, 0) is 26.0 Å². The fourth-order valence-electron chi connectivity index (χ4n) is 1.07. The molecule has 0 aliphatic carbocycles. The predicted octanol–water partition coefficient (Wildman–Crippen LogP) is 2.41. The normalized spacial score (nSPS) is 11.8. The van der Waals surface area contributed by atoms with Crippen molar-refractivity contribution < 1.29 is 0 Å². The maximum Gasteiger partial charge on any atom is 0.00761 e. The molecule has 1 aromatic carbocycles. The van der Waals surface area contributed by atoms with E-state index in [1.165, 1.54) is 5.56 Å². The maximum absolute atomic E-state index is 3.21. The third-order valence-electron chi connectivity index (χ3n) is 1.88. The molecular formula is C10H16BrN. The smallest absolute Gasteiger partial charge is 0.00761 e. The van der Waals surface area contributed by atoms with Crippen molar-refractivity contribution in [3.63, 3.8) is 0 Å². The van der Waals surface area contributed by atoms with Gasteiger partial charge in [-0.1, -0.05) is 30.3 Å². The van der Waals surface area contributed by atoms with Crippen molar-refractivity contribution in [2.45, 2.75) is 19.4 Å². The highest BCUT2D eigenvalue weighted by Gasteiger charge is 1.97. The first-order valence-electron chi connectivity index (χ1n) is 4.04. The topological polar surface area (TPSA) is 12.0 Å². The quantitative estimate of drug-likeness (QED) is 0.840. The first kappa shape index (κ1) is 11.7. The molecule has 0 fully saturated rings. The maximum atomic E-state index is 3.21. The van der Waals surface area contributed by atoms with Gasteiger partial charge in [-0.15, -0.1) is 17.0 Å². The summed E-state index contributed by atoms with van der Waals surface area (Å²) in [6.07, 6.45) is 1.11. The van der Waals surface area contributed by atoms with Gasteiger partial charge in [0.1, 0.15) is 0 Å². The SMILES string of the molecule is Br.CNC(C)Cc1ccccc1. The van der Waals surface area contributed by atoms with Gasteiger partial charge in [0.15, 0.2) is 0 Å². The Morgan fingerprint density at radius 2 is 1.83 bits per heavy atom. The van der Waals surface area contributed by atoms with Crippen LogP contribution in [0.25, 0.3) is 0 Å². The van der Waals surface area contributed by atoms with E-state index >= 15 is 0 Å². The van der Waals surface area contributed by atoms with Gasteiger partial charge >= 0.3 is 0 Å². The summed E-state index contributed by atoms with van der Waals surface area (Å²) < 4.78 is 0. The average Bonchev–Trinajstić information content (AvgIpc) is 2.06. The molecule has 1 atom stereocenters. The Morgan fingerprint density at radius 3 is 2.33 bits per heavy atom. The van der Waals surface area contributed by atoms with E-state index in [-0.39, 0.29) is 17.0 Å². The minimum absolute atomic E-state index is 0. The second-order valence-electron chi connectivity index (χ2n) is 2.88. The summed E-state index contributed by atoms with van der Waals surface area (Å²) in [5, 5.41) is 3.21. The molecule has 1 rings (SSSR count). The molecular weight excluding hydrogens is 214 g/mol. The molecule has 0 aliphatic heterocycles. The number of hydrogen-bond acceptors (Lipinski definition) is 1. The monoisotopic (exact) mass is 229 g/mol. The predicted molar refractivity (Wildman–Crippen MR) is 59.0 cm³/mol. The largest absolute Gasteiger partial charge is 0.317 e. The summed E-state index contributed by atoms with van der Waals surface area (Å²) in [6, 6.07) is 11.1. The van der Waals surface area contributed by atoms with Gasteiger partial charge in [-0.2, -0.15) is 0 Å². The van der Waals surface area contributed by atoms with Crippen LogP contribution >= 0.6 is 17.0 Å². The number of rotatable bonds is 3. The third-order valence-corrected chi connectivity index (χ3v) is 1.88. The van der Waals surface area contributed by atoms with Crippen LogP contribution in [-0.2, 0) is 6.42 Å². The van der Waals surface area contributed by atoms with E-state index in [0.29, 0.717) is 6.04 Å². The van der Waals surface area contributed by atoms with Crippen LogP contribution in [0.5, 0.6) is 0 Å². The van der Waals surface area contributed by atoms with Crippen LogP contribution in [0.2, 0.25) is 0 Å². The minimum atomic E-state index is 0. The first-order valence-corrected chi connectivity index (χ1v) is 4.04. The Bertz CT molecular complexity index is 198. The third kappa shape index (κ3) is 3.88. The van der Waals surface area contributed by atoms with Crippen LogP contribution in [0.4, 0.5) is 0 Å². The zero-order chi connectivity index (χ0) is 8.10. The molecule has 0 aliphatic rings. The number of halogens is 1. The number of nitrogens with one attached hydrogen (secondary N) is 1. The van der Waals surface area contributed by atoms with Crippen molar-refractivity contribution in [3.05, 3.63) is 35.9 Å². The van der Waals surface area contributed by atoms with Crippen LogP contribution < -0.4 is 5.32 Å². The van der Waals surface area contributed by atoms with E-state index in [4.69, 9.17) is 0 Å². The Balaban J connectivity index is 0.00000121. The van der Waals surface area contributed by atoms with Gasteiger partial charge in [0.2, 0.25) is 0 Å². The lowest BCUT2D eigenvalue weighted by molar-refractivity contribution is 0.608. The molecule has 0 heterocycles. The molecule has 2 heteroatoms. The molecule has 1 unspecified atom stereocenters. The minimum Gasteiger partial charge on any atom is -0.317 e. The van der Waals surface area contributed by atoms with Gasteiger partial charge in [0.25, 0.3) is 0 Å². The summed E-state index contributed by atoms with van der Waals surface area (Å²) in [4.78, 5) is 0. The molecule has 0 saturated carbocycles. The average molecular weight is 230 g/mol. The fourth-order valence-corrected chi connectivity index (χ4v) is 1.07. The van der Waals surface area contributed by atoms with Crippen molar-refractivity contribution in [1.29, 1.82) is 0 Å². The van der Waals surface area contributed by atoms with Crippen molar-refractivity contribution >= 4 is 17.0 Å². The molecule has 0 spiro atoms. The second kappa shape index (κ2) is 6.21. The van der Waals surface area contributed by atoms with Crippen LogP contribution in [-0.4, -0.2) is 13.1 Å². The molecule has 0 amide bonds. The van der Waals surface area contributed by atoms with Crippen molar-refractivity contribution in [1.82, 2.24) is 5.32 Å². The zero-order valence-electron chi connectivity index (χ0n) is 7.58. The van der Waals surface area contributed by atoms with Gasteiger partial charge in [0, 0.05) is 6.04 Å². The molecule has 0 bridgehead atoms. The Morgan fingerprint density at radius 1 is 1.25 bits per heavy atom. The lowest BCUT2D eigenvalue weighted by Crippen LogP contribution is -2.23. The molecule has 0 saturated heterocycles. The lowest BCUT2D eigenvalue weighted by atomic mass is 10.1. The fraction of sp³-hybridized carbons (Fsp3) is 0.400. The highest BCUT2D eigenvalue weighted by Crippen LogP contribution is 2.01. The Hall–Kier alpha value is -0.340. The zero-order valence-corrected chi connectivity index (χ0v) is 9.29. The standard InChI is InChI=1S/C10H15N.BrH/c1-9(11-2)8-10-6-4-3-5-7-10;/h3-7,9,11H,8H2,1-2H3;1H. The molecule has 0 radical (unpaired) electrons. The number of hydrogen-bond donors (Lipinski definition) is 1. The molecule has 0 aromatic heterocycles. The van der Waals surface area contributed by atoms with Crippen LogP contribution in [0.1, 0.15) is 12.5 Å². The van der Waals surface area contributed by atoms with E-state index in [0.717, 1.165) is 6.42 Å². The number of benzene rings is 1. The second-order valence-corrected chi connectivity index (χ2v) is 2.88. The van der Waals surface area contributed by atoms with Crippen molar-refractivity contribution in [3.8, 4) is 0 Å². The Kier molecular flexibility index (Phi) is 6.03. The summed E-state index contributed by atoms with van der Waals surface area (Å²) in [5.41, 5.74) is 1.40. The van der Waals surface area contributed by atoms with Crippen LogP contribution in [0, 0.1) is 0 Å². The highest BCUT2D eigenvalue weighted by molar-refractivity contribution is 8.93. The van der Waals surface area contributed by atoms with Gasteiger partial charge < -0.3 is 5.32 Å². The number of likely N-dealkylation sites (N-methyl/N-ethyl adjacent to an activating group) is 1. The summed E-state index contributed by atoms with van der Waals surface area (Å²) in [7, 11) is 1.99. The van der Waals surface area contributed by atoms with Crippen LogP contribution in [0.3, 0.4) is 0 Å². The molecule has 1 N–H and O–H groups in total. The Labute approximate surface area is 85.0 Å². The molecule has 1 nitrogen and oxygen atoms in total. The lowest BCUT2D eigenvalue weighted by Gasteiger charge is -2.08. The van der Waals surface area contributed by atoms with E-state index in [2.05, 4.69) is 36.5 Å². The van der Waals surface area contributed by atoms with E-state index in [1.807, 2.05) is 13.1 Å². The van der Waals surface area contributed by atoms with E-state index in [9.17, 15) is 0 Å². The van der Waals surface area contributed by atoms with E-state index in [1.54, 1.807) is 0 Å².